The lowest BCUT2D eigenvalue weighted by molar-refractivity contribution is -0.139. The van der Waals surface area contributed by atoms with Crippen molar-refractivity contribution in [3.8, 4) is 0 Å². The summed E-state index contributed by atoms with van der Waals surface area (Å²) >= 11 is 1.86. The van der Waals surface area contributed by atoms with E-state index in [9.17, 15) is 9.59 Å². The minimum Gasteiger partial charge on any atom is -0.480 e. The second-order valence-electron chi connectivity index (χ2n) is 5.47. The first-order valence-corrected chi connectivity index (χ1v) is 7.76. The van der Waals surface area contributed by atoms with Gasteiger partial charge in [0.2, 0.25) is 0 Å². The Balaban J connectivity index is 2.54. The van der Waals surface area contributed by atoms with E-state index >= 15 is 0 Å². The number of rotatable bonds is 4. The van der Waals surface area contributed by atoms with Gasteiger partial charge in [-0.2, -0.15) is 11.8 Å². The van der Waals surface area contributed by atoms with Crippen molar-refractivity contribution in [2.24, 2.45) is 0 Å². The SMILES string of the molecule is CCC[C@@H](NC(=O)N1CCSC(C)(C)CC1)C(=O)O. The maximum absolute atomic E-state index is 12.1. The molecule has 0 radical (unpaired) electrons. The molecule has 1 heterocycles. The van der Waals surface area contributed by atoms with Gasteiger partial charge in [0, 0.05) is 23.6 Å². The first-order valence-electron chi connectivity index (χ1n) is 6.78. The number of carbonyl (C=O) groups is 2. The van der Waals surface area contributed by atoms with Crippen molar-refractivity contribution in [1.29, 1.82) is 0 Å². The average Bonchev–Trinajstić information content (AvgIpc) is 2.49. The van der Waals surface area contributed by atoms with Crippen molar-refractivity contribution in [3.05, 3.63) is 0 Å². The lowest BCUT2D eigenvalue weighted by atomic mass is 10.1. The molecule has 6 heteroatoms. The Bertz CT molecular complexity index is 334. The predicted octanol–water partition coefficient (Wildman–Crippen LogP) is 2.17. The smallest absolute Gasteiger partial charge is 0.326 e. The van der Waals surface area contributed by atoms with Gasteiger partial charge in [0.25, 0.3) is 0 Å². The van der Waals surface area contributed by atoms with Crippen LogP contribution in [0.2, 0.25) is 0 Å². The number of thioether (sulfide) groups is 1. The van der Waals surface area contributed by atoms with Crippen molar-refractivity contribution >= 4 is 23.8 Å². The second kappa shape index (κ2) is 7.03. The summed E-state index contributed by atoms with van der Waals surface area (Å²) in [5.41, 5.74) is 0. The third-order valence-corrected chi connectivity index (χ3v) is 4.67. The van der Waals surface area contributed by atoms with Crippen LogP contribution < -0.4 is 5.32 Å². The molecule has 0 bridgehead atoms. The number of carbonyl (C=O) groups excluding carboxylic acids is 1. The van der Waals surface area contributed by atoms with E-state index in [1.165, 1.54) is 0 Å². The number of urea groups is 1. The van der Waals surface area contributed by atoms with Crippen LogP contribution in [0.3, 0.4) is 0 Å². The Labute approximate surface area is 119 Å². The monoisotopic (exact) mass is 288 g/mol. The summed E-state index contributed by atoms with van der Waals surface area (Å²) in [6.07, 6.45) is 2.13. The van der Waals surface area contributed by atoms with E-state index in [0.717, 1.165) is 18.6 Å². The molecular weight excluding hydrogens is 264 g/mol. The van der Waals surface area contributed by atoms with E-state index in [0.29, 0.717) is 19.5 Å². The average molecular weight is 288 g/mol. The molecule has 110 valence electrons. The van der Waals surface area contributed by atoms with Crippen molar-refractivity contribution in [2.75, 3.05) is 18.8 Å². The molecule has 5 nitrogen and oxygen atoms in total. The minimum absolute atomic E-state index is 0.185. The van der Waals surface area contributed by atoms with Crippen LogP contribution >= 0.6 is 11.8 Å². The van der Waals surface area contributed by atoms with Gasteiger partial charge in [-0.25, -0.2) is 9.59 Å². The van der Waals surface area contributed by atoms with Crippen LogP contribution in [0.5, 0.6) is 0 Å². The van der Waals surface area contributed by atoms with Crippen LogP contribution in [-0.2, 0) is 4.79 Å². The van der Waals surface area contributed by atoms with Gasteiger partial charge in [-0.05, 0) is 12.8 Å². The number of hydrogen-bond donors (Lipinski definition) is 2. The number of aliphatic carboxylic acids is 1. The maximum Gasteiger partial charge on any atom is 0.326 e. The van der Waals surface area contributed by atoms with E-state index in [2.05, 4.69) is 19.2 Å². The van der Waals surface area contributed by atoms with E-state index in [4.69, 9.17) is 5.11 Å². The molecular formula is C13H24N2O3S. The Morgan fingerprint density at radius 2 is 2.11 bits per heavy atom. The summed E-state index contributed by atoms with van der Waals surface area (Å²) in [4.78, 5) is 24.9. The van der Waals surface area contributed by atoms with Crippen LogP contribution in [0.15, 0.2) is 0 Å². The Morgan fingerprint density at radius 1 is 1.42 bits per heavy atom. The number of carboxylic acid groups (broad SMARTS) is 1. The summed E-state index contributed by atoms with van der Waals surface area (Å²) in [6, 6.07) is -1.03. The van der Waals surface area contributed by atoms with Gasteiger partial charge in [-0.3, -0.25) is 0 Å². The second-order valence-corrected chi connectivity index (χ2v) is 7.28. The fraction of sp³-hybridized carbons (Fsp3) is 0.846. The number of nitrogens with zero attached hydrogens (tertiary/aromatic N) is 1. The van der Waals surface area contributed by atoms with Gasteiger partial charge in [0.05, 0.1) is 0 Å². The normalized spacial score (nSPS) is 20.5. The molecule has 19 heavy (non-hydrogen) atoms. The van der Waals surface area contributed by atoms with Crippen LogP contribution in [0.1, 0.15) is 40.0 Å². The molecule has 1 aliphatic rings. The molecule has 1 fully saturated rings. The van der Waals surface area contributed by atoms with Crippen LogP contribution in [0.4, 0.5) is 4.79 Å². The standard InChI is InChI=1S/C13H24N2O3S/c1-4-5-10(11(16)17)14-12(18)15-7-6-13(2,3)19-9-8-15/h10H,4-9H2,1-3H3,(H,14,18)(H,16,17)/t10-/m1/s1. The fourth-order valence-corrected chi connectivity index (χ4v) is 3.11. The highest BCUT2D eigenvalue weighted by Crippen LogP contribution is 2.30. The Kier molecular flexibility index (Phi) is 5.97. The van der Waals surface area contributed by atoms with Crippen LogP contribution in [-0.4, -0.2) is 51.6 Å². The lowest BCUT2D eigenvalue weighted by Crippen LogP contribution is -2.48. The first-order chi connectivity index (χ1) is 8.85. The van der Waals surface area contributed by atoms with Crippen LogP contribution in [0.25, 0.3) is 0 Å². The molecule has 1 aliphatic heterocycles. The molecule has 1 saturated heterocycles. The molecule has 0 saturated carbocycles. The molecule has 0 spiro atoms. The van der Waals surface area contributed by atoms with Gasteiger partial charge < -0.3 is 15.3 Å². The third-order valence-electron chi connectivity index (χ3n) is 3.30. The van der Waals surface area contributed by atoms with Crippen LogP contribution in [0, 0.1) is 0 Å². The number of carboxylic acids is 1. The zero-order chi connectivity index (χ0) is 14.5. The van der Waals surface area contributed by atoms with Crippen molar-refractivity contribution in [3.63, 3.8) is 0 Å². The molecule has 0 aromatic heterocycles. The first kappa shape index (κ1) is 16.1. The van der Waals surface area contributed by atoms with Gasteiger partial charge in [-0.15, -0.1) is 0 Å². The van der Waals surface area contributed by atoms with Gasteiger partial charge in [0.1, 0.15) is 6.04 Å². The molecule has 0 aromatic rings. The largest absolute Gasteiger partial charge is 0.480 e. The third kappa shape index (κ3) is 5.30. The predicted molar refractivity (Wildman–Crippen MR) is 77.6 cm³/mol. The summed E-state index contributed by atoms with van der Waals surface area (Å²) in [5.74, 6) is -0.0638. The van der Waals surface area contributed by atoms with E-state index < -0.39 is 12.0 Å². The quantitative estimate of drug-likeness (QED) is 0.832. The molecule has 0 aliphatic carbocycles. The summed E-state index contributed by atoms with van der Waals surface area (Å²) < 4.78 is 0.185. The number of amides is 2. The maximum atomic E-state index is 12.1. The summed E-state index contributed by atoms with van der Waals surface area (Å²) in [7, 11) is 0. The zero-order valence-electron chi connectivity index (χ0n) is 11.9. The highest BCUT2D eigenvalue weighted by atomic mass is 32.2. The fourth-order valence-electron chi connectivity index (χ4n) is 2.01. The Hall–Kier alpha value is -0.910. The number of hydrogen-bond acceptors (Lipinski definition) is 3. The summed E-state index contributed by atoms with van der Waals surface area (Å²) in [6.45, 7) is 7.63. The lowest BCUT2D eigenvalue weighted by Gasteiger charge is -2.24. The van der Waals surface area contributed by atoms with Gasteiger partial charge in [-0.1, -0.05) is 27.2 Å². The molecule has 2 N–H and O–H groups in total. The summed E-state index contributed by atoms with van der Waals surface area (Å²) in [5, 5.41) is 11.7. The molecule has 2 amide bonds. The van der Waals surface area contributed by atoms with E-state index in [1.54, 1.807) is 4.90 Å². The van der Waals surface area contributed by atoms with Crippen molar-refractivity contribution < 1.29 is 14.7 Å². The molecule has 1 atom stereocenters. The molecule has 1 rings (SSSR count). The van der Waals surface area contributed by atoms with Gasteiger partial charge >= 0.3 is 12.0 Å². The van der Waals surface area contributed by atoms with Gasteiger partial charge in [0.15, 0.2) is 0 Å². The van der Waals surface area contributed by atoms with E-state index in [1.807, 2.05) is 18.7 Å². The topological polar surface area (TPSA) is 69.6 Å². The highest BCUT2D eigenvalue weighted by molar-refractivity contribution is 8.00. The number of nitrogens with one attached hydrogen (secondary N) is 1. The zero-order valence-corrected chi connectivity index (χ0v) is 12.8. The Morgan fingerprint density at radius 3 is 2.68 bits per heavy atom. The molecule has 0 aromatic carbocycles. The molecule has 0 unspecified atom stereocenters. The van der Waals surface area contributed by atoms with Crippen molar-refractivity contribution in [1.82, 2.24) is 10.2 Å². The van der Waals surface area contributed by atoms with Crippen molar-refractivity contribution in [2.45, 2.75) is 50.8 Å². The highest BCUT2D eigenvalue weighted by Gasteiger charge is 2.27. The van der Waals surface area contributed by atoms with E-state index in [-0.39, 0.29) is 10.8 Å². The minimum atomic E-state index is -0.959.